The van der Waals surface area contributed by atoms with Crippen LogP contribution in [0.1, 0.15) is 69.1 Å². The van der Waals surface area contributed by atoms with Crippen molar-refractivity contribution in [2.24, 2.45) is 5.92 Å². The molecule has 2 aromatic heterocycles. The molecule has 8 nitrogen and oxygen atoms in total. The Morgan fingerprint density at radius 3 is 2.76 bits per heavy atom. The van der Waals surface area contributed by atoms with Gasteiger partial charge in [0.15, 0.2) is 18.1 Å². The summed E-state index contributed by atoms with van der Waals surface area (Å²) in [7, 11) is 0. The van der Waals surface area contributed by atoms with Crippen molar-refractivity contribution in [3.05, 3.63) is 107 Å². The van der Waals surface area contributed by atoms with Crippen molar-refractivity contribution >= 4 is 11.8 Å². The number of hydrogen-bond donors (Lipinski definition) is 1. The number of nitrogens with zero attached hydrogens (tertiary/aromatic N) is 2. The van der Waals surface area contributed by atoms with Gasteiger partial charge in [-0.2, -0.15) is 0 Å². The molecule has 1 aliphatic heterocycles. The molecule has 1 unspecified atom stereocenters. The first-order valence-corrected chi connectivity index (χ1v) is 12.8. The van der Waals surface area contributed by atoms with Crippen LogP contribution in [-0.4, -0.2) is 34.8 Å². The van der Waals surface area contributed by atoms with E-state index >= 15 is 0 Å². The topological polar surface area (TPSA) is 97.8 Å². The summed E-state index contributed by atoms with van der Waals surface area (Å²) in [5.74, 6) is 1.16. The van der Waals surface area contributed by atoms with Gasteiger partial charge in [-0.1, -0.05) is 49.7 Å². The minimum atomic E-state index is -0.294. The number of fused-ring (bicyclic) bond motifs is 1. The van der Waals surface area contributed by atoms with Gasteiger partial charge in [0.2, 0.25) is 5.89 Å². The number of furan rings is 1. The van der Waals surface area contributed by atoms with Crippen LogP contribution in [-0.2, 0) is 13.0 Å². The Balaban J connectivity index is 1.39. The van der Waals surface area contributed by atoms with Gasteiger partial charge in [-0.05, 0) is 60.2 Å². The Hall–Kier alpha value is -4.33. The van der Waals surface area contributed by atoms with Crippen molar-refractivity contribution < 1.29 is 23.2 Å². The molecule has 0 spiro atoms. The number of rotatable bonds is 8. The highest BCUT2D eigenvalue weighted by atomic mass is 16.5. The summed E-state index contributed by atoms with van der Waals surface area (Å²) in [6, 6.07) is 17.2. The zero-order chi connectivity index (χ0) is 26.6. The van der Waals surface area contributed by atoms with Crippen LogP contribution in [0.2, 0.25) is 0 Å². The zero-order valence-electron chi connectivity index (χ0n) is 21.8. The molecule has 1 atom stereocenters. The molecule has 5 rings (SSSR count). The minimum Gasteiger partial charge on any atom is -0.484 e. The molecule has 3 heterocycles. The second kappa shape index (κ2) is 11.0. The summed E-state index contributed by atoms with van der Waals surface area (Å²) in [5, 5.41) is 2.83. The second-order valence-corrected chi connectivity index (χ2v) is 9.92. The molecule has 0 radical (unpaired) electrons. The molecule has 0 saturated heterocycles. The first kappa shape index (κ1) is 25.3. The molecule has 0 aliphatic carbocycles. The highest BCUT2D eigenvalue weighted by Gasteiger charge is 2.34. The molecule has 1 aliphatic rings. The molecular weight excluding hydrogens is 482 g/mol. The minimum absolute atomic E-state index is 0.0698. The number of nitrogens with one attached hydrogen (secondary N) is 1. The van der Waals surface area contributed by atoms with E-state index < -0.39 is 0 Å². The van der Waals surface area contributed by atoms with E-state index in [0.29, 0.717) is 36.4 Å². The highest BCUT2D eigenvalue weighted by Crippen LogP contribution is 2.38. The van der Waals surface area contributed by atoms with Gasteiger partial charge in [0, 0.05) is 13.1 Å². The first-order valence-electron chi connectivity index (χ1n) is 12.8. The fourth-order valence-electron chi connectivity index (χ4n) is 4.66. The lowest BCUT2D eigenvalue weighted by molar-refractivity contribution is 0.0661. The maximum Gasteiger partial charge on any atom is 0.290 e. The van der Waals surface area contributed by atoms with Crippen LogP contribution in [0.4, 0.5) is 0 Å². The van der Waals surface area contributed by atoms with Gasteiger partial charge in [0.05, 0.1) is 12.3 Å². The molecule has 38 heavy (non-hydrogen) atoms. The van der Waals surface area contributed by atoms with E-state index in [0.717, 1.165) is 28.7 Å². The number of carbonyl (C=O) groups excluding carboxylic acids is 2. The quantitative estimate of drug-likeness (QED) is 0.342. The van der Waals surface area contributed by atoms with Crippen molar-refractivity contribution in [1.82, 2.24) is 15.2 Å². The van der Waals surface area contributed by atoms with Crippen molar-refractivity contribution in [2.75, 3.05) is 13.1 Å². The predicted octanol–water partition coefficient (Wildman–Crippen LogP) is 5.33. The normalized spacial score (nSPS) is 14.8. The van der Waals surface area contributed by atoms with Gasteiger partial charge in [-0.3, -0.25) is 9.59 Å². The third kappa shape index (κ3) is 5.49. The number of aromatic nitrogens is 1. The molecule has 0 fully saturated rings. The number of amides is 2. The second-order valence-electron chi connectivity index (χ2n) is 9.92. The SMILES string of the molecule is Cc1cccc(C2c3cc(OCc4nc(C(=O)NCC(C)C)co4)ccc3CCN2C(=O)c2ccco2)c1. The molecule has 4 aromatic rings. The number of hydrogen-bond acceptors (Lipinski definition) is 6. The largest absolute Gasteiger partial charge is 0.484 e. The highest BCUT2D eigenvalue weighted by molar-refractivity contribution is 5.92. The smallest absolute Gasteiger partial charge is 0.290 e. The average molecular weight is 514 g/mol. The van der Waals surface area contributed by atoms with Gasteiger partial charge in [-0.15, -0.1) is 0 Å². The van der Waals surface area contributed by atoms with Crippen LogP contribution in [0.25, 0.3) is 0 Å². The molecule has 196 valence electrons. The molecule has 0 saturated carbocycles. The zero-order valence-corrected chi connectivity index (χ0v) is 21.8. The van der Waals surface area contributed by atoms with E-state index in [1.807, 2.05) is 62.1 Å². The molecule has 0 bridgehead atoms. The van der Waals surface area contributed by atoms with Gasteiger partial charge < -0.3 is 23.8 Å². The van der Waals surface area contributed by atoms with Crippen LogP contribution in [0.3, 0.4) is 0 Å². The molecule has 8 heteroatoms. The van der Waals surface area contributed by atoms with Crippen molar-refractivity contribution in [2.45, 2.75) is 39.8 Å². The molecule has 1 N–H and O–H groups in total. The summed E-state index contributed by atoms with van der Waals surface area (Å²) in [6.07, 6.45) is 3.58. The van der Waals surface area contributed by atoms with E-state index in [4.69, 9.17) is 13.6 Å². The number of aryl methyl sites for hydroxylation is 1. The monoisotopic (exact) mass is 513 g/mol. The molecule has 2 aromatic carbocycles. The van der Waals surface area contributed by atoms with Gasteiger partial charge in [0.1, 0.15) is 12.0 Å². The van der Waals surface area contributed by atoms with Crippen molar-refractivity contribution in [3.8, 4) is 5.75 Å². The summed E-state index contributed by atoms with van der Waals surface area (Å²) in [5.41, 5.74) is 4.52. The van der Waals surface area contributed by atoms with Crippen LogP contribution in [0, 0.1) is 12.8 Å². The third-order valence-electron chi connectivity index (χ3n) is 6.51. The van der Waals surface area contributed by atoms with Gasteiger partial charge in [-0.25, -0.2) is 4.98 Å². The Labute approximate surface area is 221 Å². The summed E-state index contributed by atoms with van der Waals surface area (Å²) >= 11 is 0. The summed E-state index contributed by atoms with van der Waals surface area (Å²) in [6.45, 7) is 7.30. The number of ether oxygens (including phenoxy) is 1. The van der Waals surface area contributed by atoms with E-state index in [1.54, 1.807) is 12.1 Å². The third-order valence-corrected chi connectivity index (χ3v) is 6.51. The Bertz CT molecular complexity index is 1420. The number of benzene rings is 2. The molecular formula is C30H31N3O5. The molecule has 2 amide bonds. The van der Waals surface area contributed by atoms with Crippen LogP contribution < -0.4 is 10.1 Å². The summed E-state index contributed by atoms with van der Waals surface area (Å²) < 4.78 is 16.9. The van der Waals surface area contributed by atoms with Gasteiger partial charge >= 0.3 is 0 Å². The predicted molar refractivity (Wildman–Crippen MR) is 141 cm³/mol. The fourth-order valence-corrected chi connectivity index (χ4v) is 4.66. The number of carbonyl (C=O) groups is 2. The lowest BCUT2D eigenvalue weighted by Gasteiger charge is -2.37. The standard InChI is InChI=1S/C30H31N3O5/c1-19(2)16-31-29(34)25-17-38-27(32-25)18-37-23-10-9-21-11-12-33(30(35)26-8-5-13-36-26)28(24(21)15-23)22-7-4-6-20(3)14-22/h4-10,13-15,17,19,28H,11-12,16,18H2,1-3H3,(H,31,34). The van der Waals surface area contributed by atoms with Crippen LogP contribution in [0.5, 0.6) is 5.75 Å². The first-order chi connectivity index (χ1) is 18.4. The maximum absolute atomic E-state index is 13.4. The Morgan fingerprint density at radius 2 is 2.00 bits per heavy atom. The lowest BCUT2D eigenvalue weighted by atomic mass is 9.87. The van der Waals surface area contributed by atoms with E-state index in [-0.39, 0.29) is 30.2 Å². The Morgan fingerprint density at radius 1 is 1.13 bits per heavy atom. The van der Waals surface area contributed by atoms with E-state index in [1.165, 1.54) is 12.5 Å². The Kier molecular flexibility index (Phi) is 7.31. The van der Waals surface area contributed by atoms with Gasteiger partial charge in [0.25, 0.3) is 11.8 Å². The van der Waals surface area contributed by atoms with Crippen LogP contribution >= 0.6 is 0 Å². The fraction of sp³-hybridized carbons (Fsp3) is 0.300. The number of oxazole rings is 1. The maximum atomic E-state index is 13.4. The van der Waals surface area contributed by atoms with Crippen molar-refractivity contribution in [1.29, 1.82) is 0 Å². The summed E-state index contributed by atoms with van der Waals surface area (Å²) in [4.78, 5) is 31.8. The van der Waals surface area contributed by atoms with Crippen LogP contribution in [0.15, 0.2) is 76.0 Å². The van der Waals surface area contributed by atoms with E-state index in [9.17, 15) is 9.59 Å². The van der Waals surface area contributed by atoms with E-state index in [2.05, 4.69) is 16.4 Å². The van der Waals surface area contributed by atoms with Crippen molar-refractivity contribution in [3.63, 3.8) is 0 Å². The lowest BCUT2D eigenvalue weighted by Crippen LogP contribution is -2.40. The average Bonchev–Trinajstić information content (AvgIpc) is 3.62.